The summed E-state index contributed by atoms with van der Waals surface area (Å²) < 4.78 is 216. The van der Waals surface area contributed by atoms with Crippen LogP contribution in [-0.4, -0.2) is 24.4 Å². The smallest absolute Gasteiger partial charge is 0.244 e. The number of halogens is 16. The van der Waals surface area contributed by atoms with E-state index in [1.54, 1.807) is 0 Å². The van der Waals surface area contributed by atoms with Crippen molar-refractivity contribution in [1.29, 1.82) is 0 Å². The molecular weight excluding hydrogens is 484 g/mol. The standard InChI is InChI=1S/C15H2F16/c16-1-12(24,25)14(28,29)15(30,31)13(26,27)4-2-3(6(18)9(21)8(4)20)7(19)11(23)10(22)5(2)17/h1H2. The van der Waals surface area contributed by atoms with Crippen LogP contribution in [0.4, 0.5) is 70.2 Å². The summed E-state index contributed by atoms with van der Waals surface area (Å²) in [6.45, 7) is -3.69. The lowest BCUT2D eigenvalue weighted by atomic mass is 9.89. The first kappa shape index (κ1) is 24.8. The van der Waals surface area contributed by atoms with E-state index in [4.69, 9.17) is 0 Å². The zero-order valence-corrected chi connectivity index (χ0v) is 13.8. The van der Waals surface area contributed by atoms with E-state index < -0.39 is 87.4 Å². The van der Waals surface area contributed by atoms with Gasteiger partial charge in [-0.15, -0.1) is 0 Å². The van der Waals surface area contributed by atoms with Gasteiger partial charge in [0.25, 0.3) is 0 Å². The summed E-state index contributed by atoms with van der Waals surface area (Å²) in [6, 6.07) is 0. The van der Waals surface area contributed by atoms with Crippen molar-refractivity contribution in [2.45, 2.75) is 23.7 Å². The largest absolute Gasteiger partial charge is 0.382 e. The third-order valence-electron chi connectivity index (χ3n) is 4.07. The predicted octanol–water partition coefficient (Wildman–Crippen LogP) is 6.78. The Hall–Kier alpha value is -2.42. The van der Waals surface area contributed by atoms with E-state index in [-0.39, 0.29) is 0 Å². The van der Waals surface area contributed by atoms with Crippen LogP contribution >= 0.6 is 0 Å². The first-order valence-electron chi connectivity index (χ1n) is 7.21. The van der Waals surface area contributed by atoms with Gasteiger partial charge in [0.1, 0.15) is 0 Å². The van der Waals surface area contributed by atoms with Gasteiger partial charge < -0.3 is 0 Å². The predicted molar refractivity (Wildman–Crippen MR) is 68.4 cm³/mol. The molecule has 0 atom stereocenters. The molecule has 0 unspecified atom stereocenters. The third-order valence-corrected chi connectivity index (χ3v) is 4.07. The first-order chi connectivity index (χ1) is 13.8. The molecule has 0 N–H and O–H groups in total. The van der Waals surface area contributed by atoms with Crippen LogP contribution in [0.5, 0.6) is 0 Å². The van der Waals surface area contributed by atoms with E-state index in [9.17, 15) is 70.2 Å². The Morgan fingerprint density at radius 2 is 0.806 bits per heavy atom. The second-order valence-corrected chi connectivity index (χ2v) is 5.88. The van der Waals surface area contributed by atoms with Crippen LogP contribution in [-0.2, 0) is 5.92 Å². The summed E-state index contributed by atoms with van der Waals surface area (Å²) in [6.07, 6.45) is 0. The molecule has 0 aliphatic carbocycles. The Bertz CT molecular complexity index is 1050. The van der Waals surface area contributed by atoms with E-state index in [0.717, 1.165) is 0 Å². The molecule has 0 aliphatic heterocycles. The lowest BCUT2D eigenvalue weighted by molar-refractivity contribution is -0.371. The van der Waals surface area contributed by atoms with Gasteiger partial charge in [0.05, 0.1) is 10.9 Å². The van der Waals surface area contributed by atoms with Crippen LogP contribution in [0.1, 0.15) is 5.56 Å². The molecule has 0 spiro atoms. The second kappa shape index (κ2) is 7.05. The van der Waals surface area contributed by atoms with Gasteiger partial charge in [-0.2, -0.15) is 35.1 Å². The van der Waals surface area contributed by atoms with Crippen molar-refractivity contribution < 1.29 is 70.2 Å². The molecule has 174 valence electrons. The second-order valence-electron chi connectivity index (χ2n) is 5.88. The van der Waals surface area contributed by atoms with Crippen molar-refractivity contribution in [2.75, 3.05) is 6.67 Å². The number of hydrogen-bond donors (Lipinski definition) is 0. The number of alkyl halides is 9. The maximum Gasteiger partial charge on any atom is 0.382 e. The number of fused-ring (bicyclic) bond motifs is 1. The molecule has 0 aliphatic rings. The van der Waals surface area contributed by atoms with Gasteiger partial charge in [0, 0.05) is 5.39 Å². The van der Waals surface area contributed by atoms with Gasteiger partial charge in [-0.05, 0) is 0 Å². The fourth-order valence-electron chi connectivity index (χ4n) is 2.46. The number of benzene rings is 2. The highest BCUT2D eigenvalue weighted by atomic mass is 19.4. The quantitative estimate of drug-likeness (QED) is 0.249. The van der Waals surface area contributed by atoms with Gasteiger partial charge in [-0.1, -0.05) is 0 Å². The van der Waals surface area contributed by atoms with Crippen LogP contribution in [0, 0.1) is 40.7 Å². The van der Waals surface area contributed by atoms with Gasteiger partial charge in [-0.3, -0.25) is 0 Å². The summed E-state index contributed by atoms with van der Waals surface area (Å²) in [4.78, 5) is 0. The van der Waals surface area contributed by atoms with Crippen molar-refractivity contribution in [3.05, 3.63) is 46.3 Å². The van der Waals surface area contributed by atoms with E-state index in [1.165, 1.54) is 0 Å². The summed E-state index contributed by atoms with van der Waals surface area (Å²) >= 11 is 0. The van der Waals surface area contributed by atoms with E-state index >= 15 is 0 Å². The molecule has 0 aromatic heterocycles. The van der Waals surface area contributed by atoms with Crippen molar-refractivity contribution in [3.63, 3.8) is 0 Å². The lowest BCUT2D eigenvalue weighted by Gasteiger charge is -2.36. The van der Waals surface area contributed by atoms with Crippen molar-refractivity contribution >= 4 is 10.8 Å². The molecule has 0 amide bonds. The normalized spacial score (nSPS) is 13.9. The molecule has 0 heterocycles. The number of rotatable bonds is 5. The zero-order chi connectivity index (χ0) is 24.5. The molecule has 0 saturated carbocycles. The minimum atomic E-state index is -7.61. The van der Waals surface area contributed by atoms with Crippen LogP contribution in [0.15, 0.2) is 0 Å². The highest BCUT2D eigenvalue weighted by Crippen LogP contribution is 2.58. The highest BCUT2D eigenvalue weighted by Gasteiger charge is 2.81. The molecule has 16 heteroatoms. The van der Waals surface area contributed by atoms with Gasteiger partial charge in [-0.25, -0.2) is 35.1 Å². The molecule has 2 rings (SSSR count). The van der Waals surface area contributed by atoms with Gasteiger partial charge in [0.15, 0.2) is 47.4 Å². The van der Waals surface area contributed by atoms with Crippen LogP contribution < -0.4 is 0 Å². The molecular formula is C15H2F16. The van der Waals surface area contributed by atoms with Gasteiger partial charge >= 0.3 is 23.7 Å². The molecule has 0 saturated heterocycles. The zero-order valence-electron chi connectivity index (χ0n) is 13.8. The average Bonchev–Trinajstić information content (AvgIpc) is 2.67. The summed E-state index contributed by atoms with van der Waals surface area (Å²) in [5, 5.41) is -5.79. The summed E-state index contributed by atoms with van der Waals surface area (Å²) in [7, 11) is 0. The average molecular weight is 486 g/mol. The van der Waals surface area contributed by atoms with Crippen LogP contribution in [0.25, 0.3) is 10.8 Å². The molecule has 31 heavy (non-hydrogen) atoms. The minimum absolute atomic E-state index is 2.76. The summed E-state index contributed by atoms with van der Waals surface area (Å²) in [5.74, 6) is -51.5. The molecule has 0 fully saturated rings. The van der Waals surface area contributed by atoms with E-state index in [1.807, 2.05) is 0 Å². The first-order valence-corrected chi connectivity index (χ1v) is 7.21. The topological polar surface area (TPSA) is 0 Å². The van der Waals surface area contributed by atoms with Crippen molar-refractivity contribution in [3.8, 4) is 0 Å². The maximum absolute atomic E-state index is 14.2. The molecule has 0 radical (unpaired) electrons. The SMILES string of the molecule is FCC(F)(F)C(F)(F)C(F)(F)C(F)(F)c1c(F)c(F)c(F)c2c(F)c(F)c(F)c(F)c12. The van der Waals surface area contributed by atoms with E-state index in [2.05, 4.69) is 0 Å². The Labute approximate surface area is 159 Å². The summed E-state index contributed by atoms with van der Waals surface area (Å²) in [5.41, 5.74) is -3.75. The molecule has 0 bridgehead atoms. The molecule has 2 aromatic rings. The van der Waals surface area contributed by atoms with E-state index in [0.29, 0.717) is 0 Å². The van der Waals surface area contributed by atoms with Crippen LogP contribution in [0.2, 0.25) is 0 Å². The fraction of sp³-hybridized carbons (Fsp3) is 0.333. The third kappa shape index (κ3) is 3.00. The monoisotopic (exact) mass is 486 g/mol. The maximum atomic E-state index is 14.2. The molecule has 0 nitrogen and oxygen atoms in total. The minimum Gasteiger partial charge on any atom is -0.244 e. The van der Waals surface area contributed by atoms with Crippen LogP contribution in [0.3, 0.4) is 0 Å². The Morgan fingerprint density at radius 1 is 0.452 bits per heavy atom. The fourth-order valence-corrected chi connectivity index (χ4v) is 2.46. The van der Waals surface area contributed by atoms with Gasteiger partial charge in [0.2, 0.25) is 0 Å². The Morgan fingerprint density at radius 3 is 1.19 bits per heavy atom. The van der Waals surface area contributed by atoms with Crippen molar-refractivity contribution in [2.24, 2.45) is 0 Å². The molecule has 2 aromatic carbocycles. The Kier molecular flexibility index (Phi) is 5.65. The lowest BCUT2D eigenvalue weighted by Crippen LogP contribution is -2.62. The number of hydrogen-bond acceptors (Lipinski definition) is 0. The Balaban J connectivity index is 3.13. The highest BCUT2D eigenvalue weighted by molar-refractivity contribution is 5.89. The van der Waals surface area contributed by atoms with Crippen molar-refractivity contribution in [1.82, 2.24) is 0 Å².